The third-order valence-corrected chi connectivity index (χ3v) is 7.71. The highest BCUT2D eigenvalue weighted by molar-refractivity contribution is 6.09. The molecule has 0 bridgehead atoms. The highest BCUT2D eigenvalue weighted by atomic mass is 16.6. The van der Waals surface area contributed by atoms with Gasteiger partial charge in [0.15, 0.2) is 0 Å². The highest BCUT2D eigenvalue weighted by Crippen LogP contribution is 2.32. The van der Waals surface area contributed by atoms with Crippen LogP contribution in [0.3, 0.4) is 0 Å². The van der Waals surface area contributed by atoms with Gasteiger partial charge in [-0.05, 0) is 42.0 Å². The Morgan fingerprint density at radius 2 is 1.88 bits per heavy atom. The van der Waals surface area contributed by atoms with Crippen molar-refractivity contribution in [2.75, 3.05) is 31.2 Å². The van der Waals surface area contributed by atoms with Crippen molar-refractivity contribution in [1.29, 1.82) is 0 Å². The van der Waals surface area contributed by atoms with E-state index in [-0.39, 0.29) is 35.3 Å². The van der Waals surface area contributed by atoms with Gasteiger partial charge in [0.2, 0.25) is 5.91 Å². The number of H-pyrrole nitrogens is 1. The minimum absolute atomic E-state index is 0.0815. The maximum atomic E-state index is 14.1. The molecule has 2 saturated heterocycles. The summed E-state index contributed by atoms with van der Waals surface area (Å²) >= 11 is 0. The molecule has 2 aliphatic heterocycles. The molecule has 222 valence electrons. The lowest BCUT2D eigenvalue weighted by Gasteiger charge is -2.35. The molecule has 2 atom stereocenters. The molecule has 42 heavy (non-hydrogen) atoms. The third-order valence-electron chi connectivity index (χ3n) is 7.71. The van der Waals surface area contributed by atoms with E-state index in [1.54, 1.807) is 29.4 Å². The van der Waals surface area contributed by atoms with Crippen LogP contribution in [-0.4, -0.2) is 76.2 Å². The molecule has 0 saturated carbocycles. The Hall–Kier alpha value is -4.25. The van der Waals surface area contributed by atoms with E-state index in [1.165, 1.54) is 17.4 Å². The van der Waals surface area contributed by atoms with Crippen molar-refractivity contribution in [3.63, 3.8) is 0 Å². The number of benzene rings is 1. The second-order valence-electron chi connectivity index (χ2n) is 11.8. The van der Waals surface area contributed by atoms with Crippen LogP contribution in [0.1, 0.15) is 67.7 Å². The van der Waals surface area contributed by atoms with Gasteiger partial charge in [0.1, 0.15) is 17.8 Å². The van der Waals surface area contributed by atoms with Crippen LogP contribution >= 0.6 is 0 Å². The Morgan fingerprint density at radius 3 is 2.48 bits per heavy atom. The standard InChI is InChI=1S/C31H38N6O5/c1-31(2,3)22-6-8-24(9-7-22)37(29(39)26-18-33-20-34-26)27(21-5-4-13-32-17-21)28(38)35-23-10-14-36(15-11-23)30(40)42-25-12-16-41-19-25/h4-9,13,17-18,20,23,25,27H,10-12,14-16,19H2,1-3H3,(H,33,34)(H,35,38). The maximum Gasteiger partial charge on any atom is 0.410 e. The first-order chi connectivity index (χ1) is 20.2. The van der Waals surface area contributed by atoms with E-state index in [4.69, 9.17) is 9.47 Å². The van der Waals surface area contributed by atoms with Crippen molar-refractivity contribution in [3.8, 4) is 0 Å². The second-order valence-corrected chi connectivity index (χ2v) is 11.8. The minimum Gasteiger partial charge on any atom is -0.444 e. The summed E-state index contributed by atoms with van der Waals surface area (Å²) in [5.41, 5.74) is 2.34. The zero-order valence-electron chi connectivity index (χ0n) is 24.3. The number of anilines is 1. The summed E-state index contributed by atoms with van der Waals surface area (Å²) in [6.07, 6.45) is 7.47. The van der Waals surface area contributed by atoms with E-state index in [9.17, 15) is 14.4 Å². The fraction of sp³-hybridized carbons (Fsp3) is 0.452. The van der Waals surface area contributed by atoms with E-state index >= 15 is 0 Å². The van der Waals surface area contributed by atoms with Gasteiger partial charge in [0, 0.05) is 55.4 Å². The van der Waals surface area contributed by atoms with Gasteiger partial charge < -0.3 is 24.7 Å². The Morgan fingerprint density at radius 1 is 1.12 bits per heavy atom. The number of nitrogens with one attached hydrogen (secondary N) is 2. The number of nitrogens with zero attached hydrogens (tertiary/aromatic N) is 4. The van der Waals surface area contributed by atoms with Crippen molar-refractivity contribution >= 4 is 23.6 Å². The van der Waals surface area contributed by atoms with E-state index in [2.05, 4.69) is 41.0 Å². The number of aromatic amines is 1. The van der Waals surface area contributed by atoms with Crippen LogP contribution in [0.2, 0.25) is 0 Å². The van der Waals surface area contributed by atoms with Crippen molar-refractivity contribution in [3.05, 3.63) is 78.1 Å². The fourth-order valence-electron chi connectivity index (χ4n) is 5.27. The number of piperidine rings is 1. The quantitative estimate of drug-likeness (QED) is 0.436. The normalized spacial score (nSPS) is 18.4. The molecule has 11 nitrogen and oxygen atoms in total. The number of pyridine rings is 1. The molecule has 4 heterocycles. The van der Waals surface area contributed by atoms with Gasteiger partial charge in [0.05, 0.1) is 19.5 Å². The molecule has 3 amide bonds. The molecule has 0 radical (unpaired) electrons. The fourth-order valence-corrected chi connectivity index (χ4v) is 5.27. The van der Waals surface area contributed by atoms with Crippen LogP contribution in [0, 0.1) is 0 Å². The molecule has 2 N–H and O–H groups in total. The molecule has 1 aromatic carbocycles. The van der Waals surface area contributed by atoms with Crippen molar-refractivity contribution in [2.45, 2.75) is 63.6 Å². The number of carbonyl (C=O) groups excluding carboxylic acids is 3. The molecule has 11 heteroatoms. The summed E-state index contributed by atoms with van der Waals surface area (Å²) in [6.45, 7) is 8.31. The summed E-state index contributed by atoms with van der Waals surface area (Å²) in [4.78, 5) is 55.0. The molecular formula is C31H38N6O5. The Bertz CT molecular complexity index is 1340. The Balaban J connectivity index is 1.38. The number of likely N-dealkylation sites (tertiary alicyclic amines) is 1. The molecule has 2 aliphatic rings. The van der Waals surface area contributed by atoms with Crippen molar-refractivity contribution in [1.82, 2.24) is 25.2 Å². The first kappa shape index (κ1) is 29.2. The molecule has 5 rings (SSSR count). The molecule has 2 fully saturated rings. The lowest BCUT2D eigenvalue weighted by atomic mass is 9.87. The molecule has 2 unspecified atom stereocenters. The van der Waals surface area contributed by atoms with E-state index < -0.39 is 11.9 Å². The molecule has 3 aromatic rings. The van der Waals surface area contributed by atoms with Crippen LogP contribution in [0.5, 0.6) is 0 Å². The van der Waals surface area contributed by atoms with Gasteiger partial charge in [-0.15, -0.1) is 0 Å². The van der Waals surface area contributed by atoms with Gasteiger partial charge in [-0.1, -0.05) is 39.0 Å². The predicted octanol–water partition coefficient (Wildman–Crippen LogP) is 4.00. The van der Waals surface area contributed by atoms with E-state index in [0.29, 0.717) is 56.8 Å². The Labute approximate surface area is 245 Å². The lowest BCUT2D eigenvalue weighted by Crippen LogP contribution is -2.51. The molecule has 0 aliphatic carbocycles. The number of carbonyl (C=O) groups is 3. The number of aromatic nitrogens is 3. The summed E-state index contributed by atoms with van der Waals surface area (Å²) < 4.78 is 10.8. The van der Waals surface area contributed by atoms with Gasteiger partial charge in [-0.3, -0.25) is 19.5 Å². The summed E-state index contributed by atoms with van der Waals surface area (Å²) in [5.74, 6) is -0.756. The number of hydrogen-bond acceptors (Lipinski definition) is 7. The zero-order chi connectivity index (χ0) is 29.7. The molecular weight excluding hydrogens is 536 g/mol. The number of amides is 3. The van der Waals surface area contributed by atoms with Gasteiger partial charge >= 0.3 is 6.09 Å². The third kappa shape index (κ3) is 6.79. The number of hydrogen-bond donors (Lipinski definition) is 2. The SMILES string of the molecule is CC(C)(C)c1ccc(N(C(=O)c2c[nH]cn2)C(C(=O)NC2CCN(C(=O)OC3CCOC3)CC2)c2cccnc2)cc1. The van der Waals surface area contributed by atoms with E-state index in [1.807, 2.05) is 24.3 Å². The summed E-state index contributed by atoms with van der Waals surface area (Å²) in [6, 6.07) is 10.0. The largest absolute Gasteiger partial charge is 0.444 e. The molecule has 2 aromatic heterocycles. The van der Waals surface area contributed by atoms with Gasteiger partial charge in [-0.2, -0.15) is 0 Å². The van der Waals surface area contributed by atoms with Crippen LogP contribution in [0.25, 0.3) is 0 Å². The van der Waals surface area contributed by atoms with Crippen LogP contribution in [-0.2, 0) is 19.7 Å². The topological polar surface area (TPSA) is 130 Å². The number of rotatable bonds is 7. The monoisotopic (exact) mass is 574 g/mol. The van der Waals surface area contributed by atoms with E-state index in [0.717, 1.165) is 5.56 Å². The molecule has 0 spiro atoms. The summed E-state index contributed by atoms with van der Waals surface area (Å²) in [7, 11) is 0. The average Bonchev–Trinajstić information content (AvgIpc) is 3.71. The minimum atomic E-state index is -1.01. The first-order valence-corrected chi connectivity index (χ1v) is 14.4. The number of ether oxygens (including phenoxy) is 2. The number of imidazole rings is 1. The highest BCUT2D eigenvalue weighted by Gasteiger charge is 2.36. The second kappa shape index (κ2) is 12.7. The van der Waals surface area contributed by atoms with Crippen molar-refractivity contribution < 1.29 is 23.9 Å². The first-order valence-electron chi connectivity index (χ1n) is 14.4. The average molecular weight is 575 g/mol. The van der Waals surface area contributed by atoms with Crippen LogP contribution < -0.4 is 10.2 Å². The summed E-state index contributed by atoms with van der Waals surface area (Å²) in [5, 5.41) is 3.15. The van der Waals surface area contributed by atoms with Gasteiger partial charge in [0.25, 0.3) is 5.91 Å². The zero-order valence-corrected chi connectivity index (χ0v) is 24.3. The lowest BCUT2D eigenvalue weighted by molar-refractivity contribution is -0.123. The predicted molar refractivity (Wildman–Crippen MR) is 156 cm³/mol. The van der Waals surface area contributed by atoms with Crippen molar-refractivity contribution in [2.24, 2.45) is 0 Å². The Kier molecular flexibility index (Phi) is 8.86. The van der Waals surface area contributed by atoms with Crippen LogP contribution in [0.15, 0.2) is 61.3 Å². The maximum absolute atomic E-state index is 14.1. The smallest absolute Gasteiger partial charge is 0.410 e. The van der Waals surface area contributed by atoms with Crippen LogP contribution in [0.4, 0.5) is 10.5 Å². The van der Waals surface area contributed by atoms with Gasteiger partial charge in [-0.25, -0.2) is 9.78 Å².